The van der Waals surface area contributed by atoms with Gasteiger partial charge in [0.25, 0.3) is 0 Å². The molecule has 0 rings (SSSR count). The maximum atomic E-state index is 5.94. The fraction of sp³-hybridized carbons (Fsp3) is 1.00. The van der Waals surface area contributed by atoms with Gasteiger partial charge < -0.3 is 13.3 Å². The van der Waals surface area contributed by atoms with Gasteiger partial charge in [-0.15, -0.1) is 0 Å². The topological polar surface area (TPSA) is 27.7 Å². The fourth-order valence-electron chi connectivity index (χ4n) is 1.36. The van der Waals surface area contributed by atoms with Crippen LogP contribution in [0.15, 0.2) is 0 Å². The van der Waals surface area contributed by atoms with Gasteiger partial charge in [0.15, 0.2) is 0 Å². The van der Waals surface area contributed by atoms with Crippen LogP contribution in [0.1, 0.15) is 48.5 Å². The molecule has 0 aliphatic heterocycles. The number of hydrogen-bond acceptors (Lipinski definition) is 4. The Balaban J connectivity index is 4.88. The molecule has 16 heavy (non-hydrogen) atoms. The van der Waals surface area contributed by atoms with Crippen molar-refractivity contribution in [2.75, 3.05) is 0 Å². The van der Waals surface area contributed by atoms with Crippen LogP contribution in [0.25, 0.3) is 0 Å². The third kappa shape index (κ3) is 5.68. The Bertz CT molecular complexity index is 169. The molecule has 0 spiro atoms. The van der Waals surface area contributed by atoms with Crippen LogP contribution in [0, 0.1) is 0 Å². The number of hydrogen-bond donors (Lipinski definition) is 1. The van der Waals surface area contributed by atoms with Crippen LogP contribution in [0.2, 0.25) is 0 Å². The van der Waals surface area contributed by atoms with Crippen LogP contribution < -0.4 is 0 Å². The van der Waals surface area contributed by atoms with Gasteiger partial charge in [0.2, 0.25) is 0 Å². The number of thiol groups is 1. The zero-order valence-electron chi connectivity index (χ0n) is 11.5. The van der Waals surface area contributed by atoms with Crippen molar-refractivity contribution in [3.63, 3.8) is 0 Å². The summed E-state index contributed by atoms with van der Waals surface area (Å²) in [6, 6.07) is 0. The van der Waals surface area contributed by atoms with Gasteiger partial charge in [0, 0.05) is 18.3 Å². The second-order valence-corrected chi connectivity index (χ2v) is 8.82. The van der Waals surface area contributed by atoms with Crippen molar-refractivity contribution >= 4 is 21.4 Å². The summed E-state index contributed by atoms with van der Waals surface area (Å²) < 4.78 is 17.8. The monoisotopic (exact) mass is 266 g/mol. The van der Waals surface area contributed by atoms with Gasteiger partial charge in [-0.2, -0.15) is 12.6 Å². The second-order valence-electron chi connectivity index (χ2n) is 4.78. The maximum absolute atomic E-state index is 5.94. The van der Waals surface area contributed by atoms with E-state index >= 15 is 0 Å². The summed E-state index contributed by atoms with van der Waals surface area (Å²) in [6.07, 6.45) is 0.247. The molecule has 0 saturated carbocycles. The zero-order chi connectivity index (χ0) is 12.9. The van der Waals surface area contributed by atoms with Crippen LogP contribution >= 0.6 is 12.6 Å². The third-order valence-electron chi connectivity index (χ3n) is 1.71. The van der Waals surface area contributed by atoms with Gasteiger partial charge in [-0.05, 0) is 48.5 Å². The molecule has 0 saturated heterocycles. The van der Waals surface area contributed by atoms with E-state index in [1.165, 1.54) is 0 Å². The van der Waals surface area contributed by atoms with Crippen molar-refractivity contribution in [2.45, 2.75) is 71.7 Å². The lowest BCUT2D eigenvalue weighted by Gasteiger charge is -2.36. The highest BCUT2D eigenvalue weighted by Gasteiger charge is 2.48. The average molecular weight is 266 g/mol. The van der Waals surface area contributed by atoms with E-state index in [1.807, 2.05) is 48.5 Å². The van der Waals surface area contributed by atoms with Crippen molar-refractivity contribution in [3.8, 4) is 0 Å². The molecule has 5 heteroatoms. The summed E-state index contributed by atoms with van der Waals surface area (Å²) in [6.45, 7) is 13.9. The first-order chi connectivity index (χ1) is 7.19. The predicted molar refractivity (Wildman–Crippen MR) is 72.9 cm³/mol. The van der Waals surface area contributed by atoms with Gasteiger partial charge in [-0.25, -0.2) is 0 Å². The van der Waals surface area contributed by atoms with E-state index in [2.05, 4.69) is 12.6 Å². The van der Waals surface area contributed by atoms with E-state index in [0.29, 0.717) is 0 Å². The summed E-state index contributed by atoms with van der Waals surface area (Å²) in [7, 11) is -2.70. The van der Waals surface area contributed by atoms with Crippen LogP contribution in [-0.4, -0.2) is 32.0 Å². The van der Waals surface area contributed by atoms with Crippen molar-refractivity contribution in [1.29, 1.82) is 0 Å². The van der Waals surface area contributed by atoms with Gasteiger partial charge in [0.1, 0.15) is 0 Å². The normalized spacial score (nSPS) is 15.2. The SMILES string of the molecule is CC(C)O[Si](OC(C)C)(OC(C)C)C(C)S. The van der Waals surface area contributed by atoms with Crippen molar-refractivity contribution in [2.24, 2.45) is 0 Å². The van der Waals surface area contributed by atoms with E-state index in [1.54, 1.807) is 0 Å². The van der Waals surface area contributed by atoms with Gasteiger partial charge in [0.05, 0.1) is 4.87 Å². The van der Waals surface area contributed by atoms with Gasteiger partial charge in [-0.1, -0.05) is 0 Å². The Kier molecular flexibility index (Phi) is 7.20. The molecule has 0 aromatic rings. The molecule has 0 fully saturated rings. The van der Waals surface area contributed by atoms with Crippen molar-refractivity contribution in [1.82, 2.24) is 0 Å². The summed E-state index contributed by atoms with van der Waals surface area (Å²) in [4.78, 5) is -0.0281. The van der Waals surface area contributed by atoms with Crippen molar-refractivity contribution < 1.29 is 13.3 Å². The first-order valence-electron chi connectivity index (χ1n) is 5.91. The van der Waals surface area contributed by atoms with E-state index in [9.17, 15) is 0 Å². The van der Waals surface area contributed by atoms with E-state index in [0.717, 1.165) is 0 Å². The second kappa shape index (κ2) is 7.01. The van der Waals surface area contributed by atoms with Crippen LogP contribution in [-0.2, 0) is 13.3 Å². The minimum absolute atomic E-state index is 0.0281. The molecule has 0 heterocycles. The summed E-state index contributed by atoms with van der Waals surface area (Å²) in [5, 5.41) is 0. The van der Waals surface area contributed by atoms with E-state index in [-0.39, 0.29) is 23.2 Å². The molecular weight excluding hydrogens is 240 g/mol. The highest BCUT2D eigenvalue weighted by Crippen LogP contribution is 2.24. The smallest absolute Gasteiger partial charge is 0.370 e. The van der Waals surface area contributed by atoms with Crippen LogP contribution in [0.4, 0.5) is 0 Å². The van der Waals surface area contributed by atoms with Crippen molar-refractivity contribution in [3.05, 3.63) is 0 Å². The molecule has 98 valence electrons. The zero-order valence-corrected chi connectivity index (χ0v) is 13.4. The highest BCUT2D eigenvalue weighted by molar-refractivity contribution is 7.82. The fourth-order valence-corrected chi connectivity index (χ4v) is 4.64. The molecular formula is C11H26O3SSi. The summed E-state index contributed by atoms with van der Waals surface area (Å²) in [5.74, 6) is 0. The summed E-state index contributed by atoms with van der Waals surface area (Å²) in [5.41, 5.74) is 0. The molecule has 0 aromatic heterocycles. The molecule has 0 amide bonds. The third-order valence-corrected chi connectivity index (χ3v) is 6.08. The number of rotatable bonds is 7. The Morgan fingerprint density at radius 2 is 0.938 bits per heavy atom. The molecule has 0 aliphatic rings. The molecule has 0 N–H and O–H groups in total. The Hall–Kier alpha value is 0.447. The molecule has 0 aliphatic carbocycles. The first-order valence-corrected chi connectivity index (χ1v) is 8.23. The van der Waals surface area contributed by atoms with Crippen LogP contribution in [0.5, 0.6) is 0 Å². The Morgan fingerprint density at radius 1 is 0.688 bits per heavy atom. The minimum atomic E-state index is -2.70. The molecule has 1 atom stereocenters. The largest absolute Gasteiger partial charge is 0.514 e. The molecule has 3 nitrogen and oxygen atoms in total. The maximum Gasteiger partial charge on any atom is 0.514 e. The molecule has 0 bridgehead atoms. The van der Waals surface area contributed by atoms with E-state index < -0.39 is 8.80 Å². The lowest BCUT2D eigenvalue weighted by Crippen LogP contribution is -2.57. The standard InChI is InChI=1S/C11H26O3SSi/c1-8(2)12-16(11(7)15,13-9(3)4)14-10(5)6/h8-11,15H,1-7H3. The molecule has 0 aromatic carbocycles. The average Bonchev–Trinajstić information content (AvgIpc) is 1.98. The summed E-state index contributed by atoms with van der Waals surface area (Å²) >= 11 is 4.49. The minimum Gasteiger partial charge on any atom is -0.370 e. The predicted octanol–water partition coefficient (Wildman–Crippen LogP) is 3.06. The first kappa shape index (κ1) is 16.4. The molecule has 1 unspecified atom stereocenters. The van der Waals surface area contributed by atoms with Gasteiger partial charge >= 0.3 is 8.80 Å². The Labute approximate surface area is 107 Å². The lowest BCUT2D eigenvalue weighted by atomic mass is 10.5. The highest BCUT2D eigenvalue weighted by atomic mass is 32.1. The molecule has 0 radical (unpaired) electrons. The quantitative estimate of drug-likeness (QED) is 0.567. The van der Waals surface area contributed by atoms with E-state index in [4.69, 9.17) is 13.3 Å². The Morgan fingerprint density at radius 3 is 1.06 bits per heavy atom. The van der Waals surface area contributed by atoms with Gasteiger partial charge in [-0.3, -0.25) is 0 Å². The lowest BCUT2D eigenvalue weighted by molar-refractivity contribution is 0.00282. The van der Waals surface area contributed by atoms with Crippen LogP contribution in [0.3, 0.4) is 0 Å².